The van der Waals surface area contributed by atoms with Gasteiger partial charge in [0.05, 0.1) is 17.8 Å². The molecule has 0 spiro atoms. The summed E-state index contributed by atoms with van der Waals surface area (Å²) < 4.78 is 7.12. The van der Waals surface area contributed by atoms with Crippen molar-refractivity contribution in [3.05, 3.63) is 79.0 Å². The highest BCUT2D eigenvalue weighted by Crippen LogP contribution is 2.34. The number of fused-ring (bicyclic) bond motifs is 1. The van der Waals surface area contributed by atoms with Crippen molar-refractivity contribution in [2.24, 2.45) is 17.8 Å². The van der Waals surface area contributed by atoms with Crippen LogP contribution in [-0.4, -0.2) is 59.9 Å². The average Bonchev–Trinajstić information content (AvgIpc) is 3.45. The smallest absolute Gasteiger partial charge is 0.319 e. The third-order valence-electron chi connectivity index (χ3n) is 7.16. The highest BCUT2D eigenvalue weighted by atomic mass is 16.5. The molecule has 4 atom stereocenters. The molecule has 1 saturated heterocycles. The van der Waals surface area contributed by atoms with Crippen LogP contribution in [0.2, 0.25) is 0 Å². The zero-order valence-electron chi connectivity index (χ0n) is 20.3. The molecule has 7 nitrogen and oxygen atoms in total. The van der Waals surface area contributed by atoms with Gasteiger partial charge in [-0.1, -0.05) is 67.6 Å². The van der Waals surface area contributed by atoms with Gasteiger partial charge in [-0.05, 0) is 29.9 Å². The maximum atomic E-state index is 13.4. The van der Waals surface area contributed by atoms with E-state index in [1.165, 1.54) is 0 Å². The number of aromatic nitrogens is 2. The predicted octanol–water partition coefficient (Wildman–Crippen LogP) is 4.45. The van der Waals surface area contributed by atoms with Crippen molar-refractivity contribution in [3.63, 3.8) is 0 Å². The second kappa shape index (κ2) is 10.5. The van der Waals surface area contributed by atoms with Gasteiger partial charge in [0.1, 0.15) is 5.69 Å². The van der Waals surface area contributed by atoms with E-state index < -0.39 is 0 Å². The van der Waals surface area contributed by atoms with Crippen LogP contribution in [0, 0.1) is 17.8 Å². The van der Waals surface area contributed by atoms with Crippen LogP contribution in [0.25, 0.3) is 16.8 Å². The van der Waals surface area contributed by atoms with E-state index in [1.807, 2.05) is 59.2 Å². The lowest BCUT2D eigenvalue weighted by atomic mass is 9.77. The molecule has 0 bridgehead atoms. The van der Waals surface area contributed by atoms with Crippen LogP contribution in [0.5, 0.6) is 0 Å². The summed E-state index contributed by atoms with van der Waals surface area (Å²) in [4.78, 5) is 15.8. The zero-order chi connectivity index (χ0) is 24.2. The summed E-state index contributed by atoms with van der Waals surface area (Å²) in [5.41, 5.74) is 3.30. The number of amides is 2. The minimum atomic E-state index is -0.201. The van der Waals surface area contributed by atoms with Gasteiger partial charge in [-0.15, -0.1) is 0 Å². The van der Waals surface area contributed by atoms with E-state index >= 15 is 0 Å². The highest BCUT2D eigenvalue weighted by molar-refractivity contribution is 6.00. The van der Waals surface area contributed by atoms with Crippen molar-refractivity contribution in [1.82, 2.24) is 19.8 Å². The molecule has 1 aliphatic carbocycles. The van der Waals surface area contributed by atoms with Gasteiger partial charge in [0.15, 0.2) is 0 Å². The van der Waals surface area contributed by atoms with Gasteiger partial charge in [0.2, 0.25) is 0 Å². The Morgan fingerprint density at radius 1 is 1.09 bits per heavy atom. The second-order valence-electron chi connectivity index (χ2n) is 9.45. The Kier molecular flexibility index (Phi) is 6.97. The maximum absolute atomic E-state index is 13.4. The third kappa shape index (κ3) is 5.01. The summed E-state index contributed by atoms with van der Waals surface area (Å²) in [5.74, 6) is 1.14. The first kappa shape index (κ1) is 23.3. The van der Waals surface area contributed by atoms with Crippen LogP contribution in [0.1, 0.15) is 6.92 Å². The first-order chi connectivity index (χ1) is 17.1. The van der Waals surface area contributed by atoms with Crippen LogP contribution >= 0.6 is 0 Å². The third-order valence-corrected chi connectivity index (χ3v) is 7.16. The summed E-state index contributed by atoms with van der Waals surface area (Å²) in [5, 5.41) is 11.2. The molecular formula is C28H33N5O2. The SMILES string of the molecule is COCCN1CC(NC(=O)Nc2c(-c3ccccc3)nn3ccccc23)[C@H](C2C=CC=CC2C)C1. The summed E-state index contributed by atoms with van der Waals surface area (Å²) in [7, 11) is 1.73. The molecular weight excluding hydrogens is 438 g/mol. The molecule has 0 saturated carbocycles. The van der Waals surface area contributed by atoms with Gasteiger partial charge in [-0.3, -0.25) is 4.90 Å². The van der Waals surface area contributed by atoms with Crippen LogP contribution in [-0.2, 0) is 4.74 Å². The number of allylic oxidation sites excluding steroid dienone is 4. The predicted molar refractivity (Wildman–Crippen MR) is 139 cm³/mol. The van der Waals surface area contributed by atoms with Crippen molar-refractivity contribution in [2.75, 3.05) is 38.7 Å². The number of methoxy groups -OCH3 is 1. The number of rotatable bonds is 7. The average molecular weight is 472 g/mol. The Labute approximate surface area is 206 Å². The number of urea groups is 1. The van der Waals surface area contributed by atoms with E-state index in [4.69, 9.17) is 9.84 Å². The number of nitrogens with one attached hydrogen (secondary N) is 2. The van der Waals surface area contributed by atoms with Crippen LogP contribution in [0.3, 0.4) is 0 Å². The molecule has 3 unspecified atom stereocenters. The minimum Gasteiger partial charge on any atom is -0.383 e. The second-order valence-corrected chi connectivity index (χ2v) is 9.45. The molecule has 1 fully saturated rings. The van der Waals surface area contributed by atoms with E-state index in [-0.39, 0.29) is 12.1 Å². The Morgan fingerprint density at radius 3 is 2.69 bits per heavy atom. The Balaban J connectivity index is 1.38. The highest BCUT2D eigenvalue weighted by Gasteiger charge is 2.39. The van der Waals surface area contributed by atoms with Gasteiger partial charge >= 0.3 is 6.03 Å². The number of hydrogen-bond acceptors (Lipinski definition) is 4. The van der Waals surface area contributed by atoms with Gasteiger partial charge in [-0.2, -0.15) is 5.10 Å². The van der Waals surface area contributed by atoms with Gasteiger partial charge in [0.25, 0.3) is 0 Å². The lowest BCUT2D eigenvalue weighted by molar-refractivity contribution is 0.156. The Bertz CT molecular complexity index is 1220. The van der Waals surface area contributed by atoms with Crippen LogP contribution in [0.4, 0.5) is 10.5 Å². The van der Waals surface area contributed by atoms with Gasteiger partial charge in [0, 0.05) is 44.5 Å². The van der Waals surface area contributed by atoms with Crippen molar-refractivity contribution in [1.29, 1.82) is 0 Å². The molecule has 2 aromatic heterocycles. The van der Waals surface area contributed by atoms with E-state index in [0.29, 0.717) is 30.0 Å². The van der Waals surface area contributed by atoms with Crippen LogP contribution in [0.15, 0.2) is 79.0 Å². The summed E-state index contributed by atoms with van der Waals surface area (Å²) >= 11 is 0. The van der Waals surface area contributed by atoms with Crippen molar-refractivity contribution in [2.45, 2.75) is 13.0 Å². The quantitative estimate of drug-likeness (QED) is 0.534. The number of benzene rings is 1. The van der Waals surface area contributed by atoms with E-state index in [1.54, 1.807) is 7.11 Å². The lowest BCUT2D eigenvalue weighted by Gasteiger charge is -2.31. The molecule has 5 rings (SSSR count). The number of carbonyl (C=O) groups is 1. The van der Waals surface area contributed by atoms with Crippen LogP contribution < -0.4 is 10.6 Å². The van der Waals surface area contributed by atoms with Gasteiger partial charge < -0.3 is 15.4 Å². The maximum Gasteiger partial charge on any atom is 0.319 e. The molecule has 2 amide bonds. The first-order valence-electron chi connectivity index (χ1n) is 12.3. The molecule has 2 aliphatic rings. The number of carbonyl (C=O) groups excluding carboxylic acids is 1. The number of ether oxygens (including phenoxy) is 1. The Hall–Kier alpha value is -3.42. The topological polar surface area (TPSA) is 70.9 Å². The fourth-order valence-corrected chi connectivity index (χ4v) is 5.37. The lowest BCUT2D eigenvalue weighted by Crippen LogP contribution is -2.45. The normalized spacial score (nSPS) is 24.2. The molecule has 3 heterocycles. The number of hydrogen-bond donors (Lipinski definition) is 2. The molecule has 182 valence electrons. The fourth-order valence-electron chi connectivity index (χ4n) is 5.37. The van der Waals surface area contributed by atoms with E-state index in [2.05, 4.69) is 46.8 Å². The fraction of sp³-hybridized carbons (Fsp3) is 0.357. The molecule has 1 aromatic carbocycles. The van der Waals surface area contributed by atoms with E-state index in [0.717, 1.165) is 36.4 Å². The summed E-state index contributed by atoms with van der Waals surface area (Å²) in [6, 6.07) is 15.7. The summed E-state index contributed by atoms with van der Waals surface area (Å²) in [6.45, 7) is 5.55. The molecule has 2 N–H and O–H groups in total. The first-order valence-corrected chi connectivity index (χ1v) is 12.3. The van der Waals surface area contributed by atoms with E-state index in [9.17, 15) is 4.79 Å². The van der Waals surface area contributed by atoms with Crippen molar-refractivity contribution in [3.8, 4) is 11.3 Å². The molecule has 35 heavy (non-hydrogen) atoms. The molecule has 3 aromatic rings. The number of nitrogens with zero attached hydrogens (tertiary/aromatic N) is 3. The molecule has 1 aliphatic heterocycles. The number of anilines is 1. The minimum absolute atomic E-state index is 0.0393. The molecule has 0 radical (unpaired) electrons. The van der Waals surface area contributed by atoms with Crippen molar-refractivity contribution >= 4 is 17.2 Å². The monoisotopic (exact) mass is 471 g/mol. The summed E-state index contributed by atoms with van der Waals surface area (Å²) in [6.07, 6.45) is 10.7. The largest absolute Gasteiger partial charge is 0.383 e. The standard InChI is InChI=1S/C28H33N5O2/c1-20-10-6-7-13-22(20)23-18-32(16-17-35-2)19-24(23)29-28(34)30-27-25-14-8-9-15-33(25)31-26(27)21-11-4-3-5-12-21/h3-15,20,22-24H,16-19H2,1-2H3,(H2,29,30,34)/t20?,22?,23-,24?/m0/s1. The van der Waals surface area contributed by atoms with Gasteiger partial charge in [-0.25, -0.2) is 9.31 Å². The number of pyridine rings is 1. The number of likely N-dealkylation sites (tertiary alicyclic amines) is 1. The Morgan fingerprint density at radius 2 is 1.89 bits per heavy atom. The van der Waals surface area contributed by atoms with Crippen molar-refractivity contribution < 1.29 is 9.53 Å². The zero-order valence-corrected chi connectivity index (χ0v) is 20.3. The molecule has 7 heteroatoms.